The van der Waals surface area contributed by atoms with Gasteiger partial charge in [0.05, 0.1) is 28.2 Å². The maximum atomic E-state index is 14.9. The van der Waals surface area contributed by atoms with Crippen molar-refractivity contribution in [3.8, 4) is 34.6 Å². The van der Waals surface area contributed by atoms with Crippen molar-refractivity contribution in [3.05, 3.63) is 60.2 Å². The molecule has 0 aliphatic heterocycles. The summed E-state index contributed by atoms with van der Waals surface area (Å²) in [5.74, 6) is -0.818. The molecule has 8 nitrogen and oxygen atoms in total. The SMILES string of the molecule is CC(=O)O.N#Cc1ccc2nc(-c3ccc(-c4cnc(OC5CCCCC5)nc4)cc3F)[nH]c2c1. The van der Waals surface area contributed by atoms with Crippen molar-refractivity contribution in [2.75, 3.05) is 0 Å². The van der Waals surface area contributed by atoms with Gasteiger partial charge < -0.3 is 14.8 Å². The van der Waals surface area contributed by atoms with Crippen molar-refractivity contribution >= 4 is 17.0 Å². The molecule has 0 saturated heterocycles. The second kappa shape index (κ2) is 10.7. The number of hydrogen-bond donors (Lipinski definition) is 2. The third-order valence-electron chi connectivity index (χ3n) is 5.62. The van der Waals surface area contributed by atoms with E-state index in [4.69, 9.17) is 19.9 Å². The average Bonchev–Trinajstić information content (AvgIpc) is 3.27. The maximum Gasteiger partial charge on any atom is 0.316 e. The normalized spacial score (nSPS) is 13.5. The fraction of sp³-hybridized carbons (Fsp3) is 0.269. The molecule has 1 aliphatic rings. The predicted octanol–water partition coefficient (Wildman–Crippen LogP) is 5.50. The first kappa shape index (κ1) is 23.8. The number of nitrogens with one attached hydrogen (secondary N) is 1. The number of nitrogens with zero attached hydrogens (tertiary/aromatic N) is 4. The summed E-state index contributed by atoms with van der Waals surface area (Å²) in [4.78, 5) is 25.1. The Morgan fingerprint density at radius 1 is 1.11 bits per heavy atom. The van der Waals surface area contributed by atoms with Gasteiger partial charge in [-0.05, 0) is 61.6 Å². The lowest BCUT2D eigenvalue weighted by Crippen LogP contribution is -2.20. The van der Waals surface area contributed by atoms with Crippen LogP contribution in [0.2, 0.25) is 0 Å². The number of ether oxygens (including phenoxy) is 1. The van der Waals surface area contributed by atoms with Crippen molar-refractivity contribution in [2.45, 2.75) is 45.1 Å². The highest BCUT2D eigenvalue weighted by molar-refractivity contribution is 5.81. The Kier molecular flexibility index (Phi) is 7.31. The zero-order valence-electron chi connectivity index (χ0n) is 19.2. The van der Waals surface area contributed by atoms with Crippen molar-refractivity contribution in [1.29, 1.82) is 5.26 Å². The van der Waals surface area contributed by atoms with Crippen molar-refractivity contribution in [3.63, 3.8) is 0 Å². The first-order valence-electron chi connectivity index (χ1n) is 11.3. The molecule has 1 fully saturated rings. The second-order valence-electron chi connectivity index (χ2n) is 8.27. The number of benzene rings is 2. The summed E-state index contributed by atoms with van der Waals surface area (Å²) in [5.41, 5.74) is 3.64. The van der Waals surface area contributed by atoms with Crippen LogP contribution in [0.4, 0.5) is 4.39 Å². The van der Waals surface area contributed by atoms with Crippen LogP contribution in [0.1, 0.15) is 44.6 Å². The molecule has 35 heavy (non-hydrogen) atoms. The largest absolute Gasteiger partial charge is 0.481 e. The van der Waals surface area contributed by atoms with Crippen LogP contribution in [0.3, 0.4) is 0 Å². The number of aromatic nitrogens is 4. The van der Waals surface area contributed by atoms with E-state index in [-0.39, 0.29) is 6.10 Å². The summed E-state index contributed by atoms with van der Waals surface area (Å²) in [5, 5.41) is 16.5. The second-order valence-corrected chi connectivity index (χ2v) is 8.27. The highest BCUT2D eigenvalue weighted by Crippen LogP contribution is 2.28. The van der Waals surface area contributed by atoms with Gasteiger partial charge in [0.1, 0.15) is 17.7 Å². The highest BCUT2D eigenvalue weighted by atomic mass is 19.1. The number of carboxylic acids is 1. The van der Waals surface area contributed by atoms with Gasteiger partial charge in [0, 0.05) is 24.9 Å². The molecule has 0 unspecified atom stereocenters. The molecule has 2 N–H and O–H groups in total. The van der Waals surface area contributed by atoms with E-state index in [0.29, 0.717) is 45.1 Å². The van der Waals surface area contributed by atoms with Gasteiger partial charge >= 0.3 is 6.01 Å². The van der Waals surface area contributed by atoms with E-state index in [1.54, 1.807) is 36.7 Å². The Hall–Kier alpha value is -4.32. The molecular weight excluding hydrogens is 449 g/mol. The van der Waals surface area contributed by atoms with Crippen LogP contribution in [-0.4, -0.2) is 37.1 Å². The first-order valence-corrected chi connectivity index (χ1v) is 11.3. The van der Waals surface area contributed by atoms with Crippen molar-refractivity contribution in [2.24, 2.45) is 0 Å². The van der Waals surface area contributed by atoms with E-state index in [0.717, 1.165) is 19.8 Å². The summed E-state index contributed by atoms with van der Waals surface area (Å²) >= 11 is 0. The Balaban J connectivity index is 0.000000672. The lowest BCUT2D eigenvalue weighted by Gasteiger charge is -2.21. The number of aliphatic carboxylic acids is 1. The highest BCUT2D eigenvalue weighted by Gasteiger charge is 2.16. The number of aromatic amines is 1. The molecule has 2 aromatic heterocycles. The summed E-state index contributed by atoms with van der Waals surface area (Å²) in [6.45, 7) is 1.08. The minimum absolute atomic E-state index is 0.185. The van der Waals surface area contributed by atoms with Gasteiger partial charge in [-0.15, -0.1) is 0 Å². The van der Waals surface area contributed by atoms with Crippen LogP contribution in [0.15, 0.2) is 48.8 Å². The number of halogens is 1. The number of hydrogen-bond acceptors (Lipinski definition) is 6. The zero-order chi connectivity index (χ0) is 24.8. The van der Waals surface area contributed by atoms with E-state index in [1.165, 1.54) is 25.3 Å². The first-order chi connectivity index (χ1) is 16.9. The summed E-state index contributed by atoms with van der Waals surface area (Å²) in [7, 11) is 0. The number of imidazole rings is 1. The molecule has 1 saturated carbocycles. The minimum atomic E-state index is -0.833. The molecule has 0 amide bonds. The summed E-state index contributed by atoms with van der Waals surface area (Å²) in [6.07, 6.45) is 9.20. The third-order valence-corrected chi connectivity index (χ3v) is 5.62. The quantitative estimate of drug-likeness (QED) is 0.401. The lowest BCUT2D eigenvalue weighted by molar-refractivity contribution is -0.134. The molecule has 2 aromatic carbocycles. The number of carbonyl (C=O) groups is 1. The summed E-state index contributed by atoms with van der Waals surface area (Å²) in [6, 6.07) is 12.5. The molecule has 0 spiro atoms. The van der Waals surface area contributed by atoms with Crippen LogP contribution >= 0.6 is 0 Å². The number of fused-ring (bicyclic) bond motifs is 1. The van der Waals surface area contributed by atoms with Gasteiger partial charge in [-0.25, -0.2) is 19.3 Å². The third kappa shape index (κ3) is 5.98. The Morgan fingerprint density at radius 2 is 1.83 bits per heavy atom. The average molecular weight is 474 g/mol. The van der Waals surface area contributed by atoms with Crippen LogP contribution in [0, 0.1) is 17.1 Å². The van der Waals surface area contributed by atoms with Crippen molar-refractivity contribution in [1.82, 2.24) is 19.9 Å². The van der Waals surface area contributed by atoms with Crippen LogP contribution in [0.5, 0.6) is 6.01 Å². The van der Waals surface area contributed by atoms with Crippen LogP contribution in [-0.2, 0) is 4.79 Å². The van der Waals surface area contributed by atoms with Gasteiger partial charge in [0.25, 0.3) is 5.97 Å². The van der Waals surface area contributed by atoms with Crippen LogP contribution in [0.25, 0.3) is 33.5 Å². The van der Waals surface area contributed by atoms with Gasteiger partial charge in [0.15, 0.2) is 0 Å². The lowest BCUT2D eigenvalue weighted by atomic mass is 9.98. The fourth-order valence-electron chi connectivity index (χ4n) is 3.95. The standard InChI is InChI=1S/C24H20FN5O.C2H4O2/c25-20-11-16(17-13-27-24(28-14-17)31-18-4-2-1-3-5-18)7-8-19(20)23-29-21-9-6-15(12-26)10-22(21)30-23;1-2(3)4/h6-11,13-14,18H,1-5H2,(H,29,30);1H3,(H,3,4). The Morgan fingerprint density at radius 3 is 2.49 bits per heavy atom. The number of H-pyrrole nitrogens is 1. The molecule has 4 aromatic rings. The maximum absolute atomic E-state index is 14.9. The minimum Gasteiger partial charge on any atom is -0.481 e. The smallest absolute Gasteiger partial charge is 0.316 e. The molecule has 2 heterocycles. The molecule has 9 heteroatoms. The van der Waals surface area contributed by atoms with E-state index >= 15 is 0 Å². The monoisotopic (exact) mass is 473 g/mol. The number of nitriles is 1. The Labute approximate surface area is 201 Å². The van der Waals surface area contributed by atoms with Gasteiger partial charge in [-0.1, -0.05) is 12.5 Å². The molecule has 0 bridgehead atoms. The van der Waals surface area contributed by atoms with E-state index in [9.17, 15) is 4.39 Å². The number of carboxylic acid groups (broad SMARTS) is 1. The fourth-order valence-corrected chi connectivity index (χ4v) is 3.95. The van der Waals surface area contributed by atoms with Gasteiger partial charge in [-0.3, -0.25) is 4.79 Å². The number of rotatable bonds is 4. The van der Waals surface area contributed by atoms with Gasteiger partial charge in [0.2, 0.25) is 0 Å². The Bertz CT molecular complexity index is 1370. The molecule has 0 radical (unpaired) electrons. The molecular formula is C26H24FN5O3. The van der Waals surface area contributed by atoms with E-state index < -0.39 is 11.8 Å². The zero-order valence-corrected chi connectivity index (χ0v) is 19.2. The van der Waals surface area contributed by atoms with E-state index in [2.05, 4.69) is 26.0 Å². The summed E-state index contributed by atoms with van der Waals surface area (Å²) < 4.78 is 20.8. The molecule has 0 atom stereocenters. The predicted molar refractivity (Wildman–Crippen MR) is 128 cm³/mol. The molecule has 1 aliphatic carbocycles. The topological polar surface area (TPSA) is 125 Å². The van der Waals surface area contributed by atoms with Crippen molar-refractivity contribution < 1.29 is 19.0 Å². The van der Waals surface area contributed by atoms with E-state index in [1.807, 2.05) is 6.07 Å². The van der Waals surface area contributed by atoms with Gasteiger partial charge in [-0.2, -0.15) is 5.26 Å². The molecule has 178 valence electrons. The molecule has 5 rings (SSSR count). The van der Waals surface area contributed by atoms with Crippen LogP contribution < -0.4 is 4.74 Å².